The van der Waals surface area contributed by atoms with Gasteiger partial charge in [-0.3, -0.25) is 4.79 Å². The summed E-state index contributed by atoms with van der Waals surface area (Å²) < 4.78 is 0.954. The first-order valence-electron chi connectivity index (χ1n) is 4.63. The molecular weight excluding hydrogens is 254 g/mol. The van der Waals surface area contributed by atoms with E-state index in [1.807, 2.05) is 19.1 Å². The highest BCUT2D eigenvalue weighted by atomic mass is 79.9. The Labute approximate surface area is 98.2 Å². The topological polar surface area (TPSA) is 29.1 Å². The quantitative estimate of drug-likeness (QED) is 0.837. The molecule has 1 aromatic carbocycles. The highest BCUT2D eigenvalue weighted by Gasteiger charge is 2.07. The lowest BCUT2D eigenvalue weighted by Crippen LogP contribution is -2.32. The highest BCUT2D eigenvalue weighted by Crippen LogP contribution is 2.10. The first-order valence-corrected chi connectivity index (χ1v) is 5.42. The fraction of sp³-hybridized carbons (Fsp3) is 0.250. The van der Waals surface area contributed by atoms with E-state index in [1.165, 1.54) is 0 Å². The molecule has 2 nitrogen and oxygen atoms in total. The number of hydrogen-bond donors (Lipinski definition) is 1. The van der Waals surface area contributed by atoms with Crippen LogP contribution < -0.4 is 5.32 Å². The van der Waals surface area contributed by atoms with Crippen LogP contribution in [0.15, 0.2) is 28.7 Å². The van der Waals surface area contributed by atoms with Crippen molar-refractivity contribution in [1.29, 1.82) is 0 Å². The molecule has 0 heterocycles. The second-order valence-corrected chi connectivity index (χ2v) is 4.21. The molecule has 0 saturated carbocycles. The Hall–Kier alpha value is -1.27. The lowest BCUT2D eigenvalue weighted by atomic mass is 10.2. The van der Waals surface area contributed by atoms with Gasteiger partial charge < -0.3 is 5.32 Å². The molecule has 0 aliphatic carbocycles. The second-order valence-electron chi connectivity index (χ2n) is 3.29. The molecule has 78 valence electrons. The summed E-state index contributed by atoms with van der Waals surface area (Å²) in [4.78, 5) is 11.6. The summed E-state index contributed by atoms with van der Waals surface area (Å²) in [6.45, 7) is 1.89. The summed E-state index contributed by atoms with van der Waals surface area (Å²) in [5, 5.41) is 2.82. The number of hydrogen-bond acceptors (Lipinski definition) is 1. The minimum atomic E-state index is -0.0924. The third kappa shape index (κ3) is 3.77. The Morgan fingerprint density at radius 2 is 2.13 bits per heavy atom. The van der Waals surface area contributed by atoms with Crippen molar-refractivity contribution in [2.24, 2.45) is 0 Å². The predicted molar refractivity (Wildman–Crippen MR) is 64.5 cm³/mol. The van der Waals surface area contributed by atoms with Gasteiger partial charge >= 0.3 is 0 Å². The number of nitrogens with one attached hydrogen (secondary N) is 1. The summed E-state index contributed by atoms with van der Waals surface area (Å²) in [6.07, 6.45) is 5.70. The Balaban J connectivity index is 2.62. The van der Waals surface area contributed by atoms with Gasteiger partial charge in [0.2, 0.25) is 0 Å². The molecule has 1 unspecified atom stereocenters. The van der Waals surface area contributed by atoms with Crippen molar-refractivity contribution in [2.45, 2.75) is 19.4 Å². The normalized spacial score (nSPS) is 11.5. The first-order chi connectivity index (χ1) is 7.13. The van der Waals surface area contributed by atoms with Crippen LogP contribution >= 0.6 is 15.9 Å². The SMILES string of the molecule is C#CCC(C)NC(=O)c1ccc(Br)cc1. The minimum Gasteiger partial charge on any atom is -0.349 e. The maximum Gasteiger partial charge on any atom is 0.251 e. The molecule has 0 radical (unpaired) electrons. The number of amides is 1. The molecule has 1 aromatic rings. The van der Waals surface area contributed by atoms with E-state index in [0.717, 1.165) is 4.47 Å². The third-order valence-electron chi connectivity index (χ3n) is 1.91. The number of halogens is 1. The molecule has 1 rings (SSSR count). The molecule has 15 heavy (non-hydrogen) atoms. The minimum absolute atomic E-state index is 0.00569. The number of carbonyl (C=O) groups excluding carboxylic acids is 1. The van der Waals surface area contributed by atoms with Crippen LogP contribution in [0.5, 0.6) is 0 Å². The molecule has 3 heteroatoms. The van der Waals surface area contributed by atoms with E-state index in [2.05, 4.69) is 27.2 Å². The molecule has 1 amide bonds. The van der Waals surface area contributed by atoms with Gasteiger partial charge in [-0.05, 0) is 31.2 Å². The monoisotopic (exact) mass is 265 g/mol. The number of terminal acetylenes is 1. The van der Waals surface area contributed by atoms with Crippen molar-refractivity contribution in [1.82, 2.24) is 5.32 Å². The van der Waals surface area contributed by atoms with E-state index in [0.29, 0.717) is 12.0 Å². The zero-order chi connectivity index (χ0) is 11.3. The average Bonchev–Trinajstić information content (AvgIpc) is 2.18. The maximum absolute atomic E-state index is 11.6. The second kappa shape index (κ2) is 5.57. The van der Waals surface area contributed by atoms with E-state index in [4.69, 9.17) is 6.42 Å². The standard InChI is InChI=1S/C12H12BrNO/c1-3-4-9(2)14-12(15)10-5-7-11(13)8-6-10/h1,5-9H,4H2,2H3,(H,14,15). The Kier molecular flexibility index (Phi) is 4.38. The zero-order valence-corrected chi connectivity index (χ0v) is 10.0. The molecule has 0 aliphatic rings. The highest BCUT2D eigenvalue weighted by molar-refractivity contribution is 9.10. The molecule has 0 fully saturated rings. The van der Waals surface area contributed by atoms with Crippen molar-refractivity contribution >= 4 is 21.8 Å². The lowest BCUT2D eigenvalue weighted by Gasteiger charge is -2.10. The van der Waals surface area contributed by atoms with Gasteiger partial charge in [0.15, 0.2) is 0 Å². The van der Waals surface area contributed by atoms with E-state index in [-0.39, 0.29) is 11.9 Å². The molecule has 1 atom stereocenters. The largest absolute Gasteiger partial charge is 0.349 e. The Morgan fingerprint density at radius 3 is 2.67 bits per heavy atom. The number of carbonyl (C=O) groups is 1. The van der Waals surface area contributed by atoms with Gasteiger partial charge in [-0.1, -0.05) is 15.9 Å². The van der Waals surface area contributed by atoms with Crippen LogP contribution in [0.4, 0.5) is 0 Å². The smallest absolute Gasteiger partial charge is 0.251 e. The molecule has 1 N–H and O–H groups in total. The molecule has 0 spiro atoms. The van der Waals surface area contributed by atoms with E-state index >= 15 is 0 Å². The van der Waals surface area contributed by atoms with Crippen molar-refractivity contribution in [3.05, 3.63) is 34.3 Å². The van der Waals surface area contributed by atoms with Crippen LogP contribution in [-0.4, -0.2) is 11.9 Å². The van der Waals surface area contributed by atoms with Gasteiger partial charge in [0, 0.05) is 22.5 Å². The molecule has 0 bridgehead atoms. The molecule has 0 aliphatic heterocycles. The van der Waals surface area contributed by atoms with Gasteiger partial charge in [-0.25, -0.2) is 0 Å². The number of rotatable bonds is 3. The first kappa shape index (κ1) is 11.8. The van der Waals surface area contributed by atoms with E-state index in [9.17, 15) is 4.79 Å². The molecular formula is C12H12BrNO. The van der Waals surface area contributed by atoms with Gasteiger partial charge in [-0.15, -0.1) is 12.3 Å². The Morgan fingerprint density at radius 1 is 1.53 bits per heavy atom. The fourth-order valence-electron chi connectivity index (χ4n) is 1.14. The van der Waals surface area contributed by atoms with Gasteiger partial charge in [0.25, 0.3) is 5.91 Å². The van der Waals surface area contributed by atoms with Crippen molar-refractivity contribution < 1.29 is 4.79 Å². The summed E-state index contributed by atoms with van der Waals surface area (Å²) >= 11 is 3.31. The summed E-state index contributed by atoms with van der Waals surface area (Å²) in [7, 11) is 0. The van der Waals surface area contributed by atoms with E-state index in [1.54, 1.807) is 12.1 Å². The molecule has 0 aromatic heterocycles. The predicted octanol–water partition coefficient (Wildman–Crippen LogP) is 2.59. The summed E-state index contributed by atoms with van der Waals surface area (Å²) in [6, 6.07) is 7.21. The van der Waals surface area contributed by atoms with Crippen LogP contribution in [0.1, 0.15) is 23.7 Å². The lowest BCUT2D eigenvalue weighted by molar-refractivity contribution is 0.0941. The van der Waals surface area contributed by atoms with Crippen LogP contribution in [0, 0.1) is 12.3 Å². The van der Waals surface area contributed by atoms with Gasteiger partial charge in [0.05, 0.1) is 0 Å². The molecule has 0 saturated heterocycles. The average molecular weight is 266 g/mol. The van der Waals surface area contributed by atoms with Crippen LogP contribution in [-0.2, 0) is 0 Å². The van der Waals surface area contributed by atoms with Crippen LogP contribution in [0.2, 0.25) is 0 Å². The van der Waals surface area contributed by atoms with E-state index < -0.39 is 0 Å². The van der Waals surface area contributed by atoms with Gasteiger partial charge in [-0.2, -0.15) is 0 Å². The fourth-order valence-corrected chi connectivity index (χ4v) is 1.40. The number of benzene rings is 1. The Bertz CT molecular complexity index is 378. The van der Waals surface area contributed by atoms with Crippen molar-refractivity contribution in [3.8, 4) is 12.3 Å². The maximum atomic E-state index is 11.6. The van der Waals surface area contributed by atoms with Crippen LogP contribution in [0.3, 0.4) is 0 Å². The van der Waals surface area contributed by atoms with Crippen molar-refractivity contribution in [2.75, 3.05) is 0 Å². The third-order valence-corrected chi connectivity index (χ3v) is 2.44. The van der Waals surface area contributed by atoms with Gasteiger partial charge in [0.1, 0.15) is 0 Å². The summed E-state index contributed by atoms with van der Waals surface area (Å²) in [5.41, 5.74) is 0.641. The zero-order valence-electron chi connectivity index (χ0n) is 8.46. The summed E-state index contributed by atoms with van der Waals surface area (Å²) in [5.74, 6) is 2.42. The van der Waals surface area contributed by atoms with Crippen molar-refractivity contribution in [3.63, 3.8) is 0 Å². The van der Waals surface area contributed by atoms with Crippen LogP contribution in [0.25, 0.3) is 0 Å².